The van der Waals surface area contributed by atoms with Gasteiger partial charge in [-0.15, -0.1) is 0 Å². The van der Waals surface area contributed by atoms with E-state index in [4.69, 9.17) is 0 Å². The monoisotopic (exact) mass is 250 g/mol. The molecule has 0 aliphatic carbocycles. The standard InChI is InChI=1S/C15H14N4/c1-11-4-2-5-12(18-11)10-13-6-3-7-14(19-13)15-16-8-9-17-15/h2-9H,10H2,1H3,(H,16,17). The van der Waals surface area contributed by atoms with Crippen molar-refractivity contribution >= 4 is 0 Å². The van der Waals surface area contributed by atoms with Crippen molar-refractivity contribution in [3.8, 4) is 11.5 Å². The van der Waals surface area contributed by atoms with Gasteiger partial charge in [-0.05, 0) is 31.2 Å². The van der Waals surface area contributed by atoms with Gasteiger partial charge in [-0.3, -0.25) is 4.98 Å². The van der Waals surface area contributed by atoms with Crippen LogP contribution in [0, 0.1) is 6.92 Å². The van der Waals surface area contributed by atoms with Crippen molar-refractivity contribution in [2.24, 2.45) is 0 Å². The Hall–Kier alpha value is -2.49. The lowest BCUT2D eigenvalue weighted by atomic mass is 10.2. The van der Waals surface area contributed by atoms with Gasteiger partial charge in [-0.1, -0.05) is 12.1 Å². The second kappa shape index (κ2) is 5.02. The SMILES string of the molecule is Cc1cccc(Cc2cccc(-c3ncc[nH]3)n2)n1. The Kier molecular flexibility index (Phi) is 3.06. The Bertz CT molecular complexity index is 674. The van der Waals surface area contributed by atoms with Gasteiger partial charge in [0.1, 0.15) is 5.69 Å². The van der Waals surface area contributed by atoms with Crippen LogP contribution < -0.4 is 0 Å². The van der Waals surface area contributed by atoms with E-state index in [1.165, 1.54) is 0 Å². The van der Waals surface area contributed by atoms with Gasteiger partial charge in [0.2, 0.25) is 0 Å². The van der Waals surface area contributed by atoms with Gasteiger partial charge in [-0.2, -0.15) is 0 Å². The average molecular weight is 250 g/mol. The number of aromatic amines is 1. The molecule has 19 heavy (non-hydrogen) atoms. The van der Waals surface area contributed by atoms with E-state index >= 15 is 0 Å². The van der Waals surface area contributed by atoms with Gasteiger partial charge < -0.3 is 4.98 Å². The lowest BCUT2D eigenvalue weighted by Gasteiger charge is -2.03. The molecule has 0 aliphatic heterocycles. The molecule has 0 radical (unpaired) electrons. The molecule has 0 saturated heterocycles. The molecular weight excluding hydrogens is 236 g/mol. The first kappa shape index (κ1) is 11.6. The zero-order valence-corrected chi connectivity index (χ0v) is 10.7. The Morgan fingerprint density at radius 1 is 1.00 bits per heavy atom. The van der Waals surface area contributed by atoms with E-state index in [0.29, 0.717) is 0 Å². The number of nitrogens with zero attached hydrogens (tertiary/aromatic N) is 3. The van der Waals surface area contributed by atoms with Crippen LogP contribution in [0.1, 0.15) is 17.1 Å². The van der Waals surface area contributed by atoms with E-state index in [9.17, 15) is 0 Å². The van der Waals surface area contributed by atoms with Crippen molar-refractivity contribution in [2.75, 3.05) is 0 Å². The van der Waals surface area contributed by atoms with Crippen molar-refractivity contribution in [1.82, 2.24) is 19.9 Å². The van der Waals surface area contributed by atoms with Crippen LogP contribution in [0.25, 0.3) is 11.5 Å². The third-order valence-electron chi connectivity index (χ3n) is 2.86. The molecule has 0 amide bonds. The third kappa shape index (κ3) is 2.68. The Morgan fingerprint density at radius 2 is 1.79 bits per heavy atom. The number of H-pyrrole nitrogens is 1. The van der Waals surface area contributed by atoms with E-state index in [2.05, 4.69) is 19.9 Å². The van der Waals surface area contributed by atoms with Crippen LogP contribution in [0.3, 0.4) is 0 Å². The minimum absolute atomic E-state index is 0.732. The normalized spacial score (nSPS) is 10.6. The topological polar surface area (TPSA) is 54.5 Å². The number of imidazole rings is 1. The van der Waals surface area contributed by atoms with Crippen molar-refractivity contribution in [2.45, 2.75) is 13.3 Å². The molecule has 3 heterocycles. The number of aromatic nitrogens is 4. The third-order valence-corrected chi connectivity index (χ3v) is 2.86. The zero-order valence-electron chi connectivity index (χ0n) is 10.7. The Balaban J connectivity index is 1.88. The maximum Gasteiger partial charge on any atom is 0.155 e. The van der Waals surface area contributed by atoms with E-state index < -0.39 is 0 Å². The molecule has 3 aromatic rings. The minimum atomic E-state index is 0.732. The van der Waals surface area contributed by atoms with Gasteiger partial charge in [-0.25, -0.2) is 9.97 Å². The Morgan fingerprint density at radius 3 is 2.53 bits per heavy atom. The highest BCUT2D eigenvalue weighted by molar-refractivity contribution is 5.48. The Labute approximate surface area is 111 Å². The lowest BCUT2D eigenvalue weighted by molar-refractivity contribution is 0.990. The van der Waals surface area contributed by atoms with Gasteiger partial charge in [0.05, 0.1) is 0 Å². The summed E-state index contributed by atoms with van der Waals surface area (Å²) in [5.74, 6) is 0.791. The van der Waals surface area contributed by atoms with Crippen molar-refractivity contribution < 1.29 is 0 Å². The zero-order chi connectivity index (χ0) is 13.1. The van der Waals surface area contributed by atoms with Crippen LogP contribution in [-0.2, 0) is 6.42 Å². The molecular formula is C15H14N4. The summed E-state index contributed by atoms with van der Waals surface area (Å²) >= 11 is 0. The minimum Gasteiger partial charge on any atom is -0.343 e. The molecule has 1 N–H and O–H groups in total. The van der Waals surface area contributed by atoms with Crippen molar-refractivity contribution in [3.05, 3.63) is 65.9 Å². The first-order valence-electron chi connectivity index (χ1n) is 6.19. The smallest absolute Gasteiger partial charge is 0.155 e. The highest BCUT2D eigenvalue weighted by atomic mass is 14.9. The second-order valence-corrected chi connectivity index (χ2v) is 4.40. The van der Waals surface area contributed by atoms with E-state index in [-0.39, 0.29) is 0 Å². The summed E-state index contributed by atoms with van der Waals surface area (Å²) in [7, 11) is 0. The predicted octanol–water partition coefficient (Wildman–Crippen LogP) is 2.77. The molecule has 0 bridgehead atoms. The van der Waals surface area contributed by atoms with Crippen molar-refractivity contribution in [1.29, 1.82) is 0 Å². The van der Waals surface area contributed by atoms with Gasteiger partial charge in [0.25, 0.3) is 0 Å². The highest BCUT2D eigenvalue weighted by Crippen LogP contribution is 2.13. The maximum atomic E-state index is 4.61. The summed E-state index contributed by atoms with van der Waals surface area (Å²) in [6.45, 7) is 2.00. The fourth-order valence-electron chi connectivity index (χ4n) is 2.00. The van der Waals surface area contributed by atoms with E-state index in [1.54, 1.807) is 12.4 Å². The molecule has 3 rings (SSSR count). The average Bonchev–Trinajstić information content (AvgIpc) is 2.93. The van der Waals surface area contributed by atoms with Crippen LogP contribution in [0.4, 0.5) is 0 Å². The number of hydrogen-bond donors (Lipinski definition) is 1. The summed E-state index contributed by atoms with van der Waals surface area (Å²) in [5, 5.41) is 0. The van der Waals surface area contributed by atoms with Gasteiger partial charge >= 0.3 is 0 Å². The largest absolute Gasteiger partial charge is 0.343 e. The number of nitrogens with one attached hydrogen (secondary N) is 1. The first-order valence-corrected chi connectivity index (χ1v) is 6.19. The van der Waals surface area contributed by atoms with Crippen LogP contribution in [0.15, 0.2) is 48.8 Å². The molecule has 0 atom stereocenters. The van der Waals surface area contributed by atoms with Crippen LogP contribution in [0.5, 0.6) is 0 Å². The lowest BCUT2D eigenvalue weighted by Crippen LogP contribution is -1.97. The second-order valence-electron chi connectivity index (χ2n) is 4.40. The quantitative estimate of drug-likeness (QED) is 0.777. The number of hydrogen-bond acceptors (Lipinski definition) is 3. The maximum absolute atomic E-state index is 4.61. The van der Waals surface area contributed by atoms with Crippen molar-refractivity contribution in [3.63, 3.8) is 0 Å². The molecule has 0 fully saturated rings. The number of aryl methyl sites for hydroxylation is 1. The molecule has 94 valence electrons. The van der Waals surface area contributed by atoms with E-state index in [0.717, 1.165) is 35.0 Å². The predicted molar refractivity (Wildman–Crippen MR) is 73.6 cm³/mol. The number of pyridine rings is 2. The molecule has 3 aromatic heterocycles. The molecule has 4 nitrogen and oxygen atoms in total. The molecule has 0 saturated carbocycles. The highest BCUT2D eigenvalue weighted by Gasteiger charge is 2.04. The van der Waals surface area contributed by atoms with Crippen LogP contribution in [-0.4, -0.2) is 19.9 Å². The van der Waals surface area contributed by atoms with Gasteiger partial charge in [0.15, 0.2) is 5.82 Å². The van der Waals surface area contributed by atoms with E-state index in [1.807, 2.05) is 43.3 Å². The molecule has 0 aromatic carbocycles. The van der Waals surface area contributed by atoms with Crippen LogP contribution >= 0.6 is 0 Å². The number of rotatable bonds is 3. The molecule has 0 unspecified atom stereocenters. The van der Waals surface area contributed by atoms with Gasteiger partial charge in [0, 0.05) is 35.9 Å². The first-order chi connectivity index (χ1) is 9.31. The van der Waals surface area contributed by atoms with Crippen LogP contribution in [0.2, 0.25) is 0 Å². The summed E-state index contributed by atoms with van der Waals surface area (Å²) in [6.07, 6.45) is 4.26. The molecule has 0 spiro atoms. The molecule has 0 aliphatic rings. The summed E-state index contributed by atoms with van der Waals surface area (Å²) in [5.41, 5.74) is 3.91. The summed E-state index contributed by atoms with van der Waals surface area (Å²) in [4.78, 5) is 16.4. The fourth-order valence-corrected chi connectivity index (χ4v) is 2.00. The summed E-state index contributed by atoms with van der Waals surface area (Å²) in [6, 6.07) is 12.0. The fraction of sp³-hybridized carbons (Fsp3) is 0.133. The summed E-state index contributed by atoms with van der Waals surface area (Å²) < 4.78 is 0. The molecule has 4 heteroatoms.